The van der Waals surface area contributed by atoms with Crippen LogP contribution in [-0.2, 0) is 10.0 Å². The van der Waals surface area contributed by atoms with Crippen LogP contribution in [-0.4, -0.2) is 15.0 Å². The van der Waals surface area contributed by atoms with Crippen LogP contribution < -0.4 is 4.72 Å². The Morgan fingerprint density at radius 1 is 1.59 bits per heavy atom. The molecule has 0 fully saturated rings. The van der Waals surface area contributed by atoms with E-state index >= 15 is 0 Å². The Labute approximate surface area is 109 Å². The SMILES string of the molecule is C=C(Br)CNS(=O)(=O)c1cc(C#N)ccc1C. The van der Waals surface area contributed by atoms with E-state index in [-0.39, 0.29) is 11.4 Å². The molecule has 0 aliphatic carbocycles. The van der Waals surface area contributed by atoms with Gasteiger partial charge in [-0.25, -0.2) is 13.1 Å². The number of rotatable bonds is 4. The van der Waals surface area contributed by atoms with Crippen LogP contribution in [0, 0.1) is 18.3 Å². The highest BCUT2D eigenvalue weighted by Gasteiger charge is 2.16. The van der Waals surface area contributed by atoms with Crippen LogP contribution in [0.5, 0.6) is 0 Å². The van der Waals surface area contributed by atoms with E-state index in [0.29, 0.717) is 15.6 Å². The number of nitrogens with zero attached hydrogens (tertiary/aromatic N) is 1. The lowest BCUT2D eigenvalue weighted by atomic mass is 10.2. The second kappa shape index (κ2) is 5.45. The maximum absolute atomic E-state index is 11.9. The van der Waals surface area contributed by atoms with E-state index in [4.69, 9.17) is 5.26 Å². The summed E-state index contributed by atoms with van der Waals surface area (Å²) in [6.45, 7) is 5.33. The highest BCUT2D eigenvalue weighted by atomic mass is 79.9. The number of nitriles is 1. The van der Waals surface area contributed by atoms with E-state index in [1.54, 1.807) is 19.1 Å². The molecule has 0 radical (unpaired) electrons. The largest absolute Gasteiger partial charge is 0.241 e. The van der Waals surface area contributed by atoms with Gasteiger partial charge in [0.2, 0.25) is 10.0 Å². The summed E-state index contributed by atoms with van der Waals surface area (Å²) in [6.07, 6.45) is 0. The van der Waals surface area contributed by atoms with Crippen molar-refractivity contribution in [2.75, 3.05) is 6.54 Å². The standard InChI is InChI=1S/C11H11BrN2O2S/c1-8-3-4-10(6-13)5-11(8)17(15,16)14-7-9(2)12/h3-5,14H,2,7H2,1H3. The van der Waals surface area contributed by atoms with Crippen LogP contribution in [0.1, 0.15) is 11.1 Å². The number of hydrogen-bond acceptors (Lipinski definition) is 3. The first-order chi connectivity index (χ1) is 7.86. The van der Waals surface area contributed by atoms with Crippen molar-refractivity contribution in [2.45, 2.75) is 11.8 Å². The van der Waals surface area contributed by atoms with Gasteiger partial charge < -0.3 is 0 Å². The predicted molar refractivity (Wildman–Crippen MR) is 69.1 cm³/mol. The van der Waals surface area contributed by atoms with Gasteiger partial charge in [0.25, 0.3) is 0 Å². The molecule has 0 aromatic heterocycles. The molecular formula is C11H11BrN2O2S. The van der Waals surface area contributed by atoms with Crippen LogP contribution in [0.3, 0.4) is 0 Å². The lowest BCUT2D eigenvalue weighted by Crippen LogP contribution is -2.25. The average Bonchev–Trinajstić information content (AvgIpc) is 2.27. The Bertz CT molecular complexity index is 588. The molecule has 90 valence electrons. The summed E-state index contributed by atoms with van der Waals surface area (Å²) in [4.78, 5) is 0.116. The van der Waals surface area contributed by atoms with E-state index in [9.17, 15) is 8.42 Å². The number of nitrogens with one attached hydrogen (secondary N) is 1. The molecule has 0 saturated heterocycles. The van der Waals surface area contributed by atoms with E-state index in [2.05, 4.69) is 27.2 Å². The molecule has 0 atom stereocenters. The lowest BCUT2D eigenvalue weighted by Gasteiger charge is -2.08. The minimum absolute atomic E-state index is 0.110. The second-order valence-corrected chi connectivity index (χ2v) is 6.29. The van der Waals surface area contributed by atoms with Gasteiger partial charge >= 0.3 is 0 Å². The van der Waals surface area contributed by atoms with E-state index in [1.807, 2.05) is 6.07 Å². The minimum Gasteiger partial charge on any atom is -0.207 e. The van der Waals surface area contributed by atoms with Crippen LogP contribution in [0.2, 0.25) is 0 Å². The summed E-state index contributed by atoms with van der Waals surface area (Å²) in [5.74, 6) is 0. The van der Waals surface area contributed by atoms with Gasteiger partial charge in [-0.15, -0.1) is 0 Å². The van der Waals surface area contributed by atoms with Gasteiger partial charge in [0.1, 0.15) is 0 Å². The van der Waals surface area contributed by atoms with Crippen molar-refractivity contribution >= 4 is 26.0 Å². The zero-order valence-electron chi connectivity index (χ0n) is 9.20. The topological polar surface area (TPSA) is 70.0 Å². The predicted octanol–water partition coefficient (Wildman–Crippen LogP) is 2.05. The van der Waals surface area contributed by atoms with Gasteiger partial charge in [-0.2, -0.15) is 5.26 Å². The molecule has 0 unspecified atom stereocenters. The maximum Gasteiger partial charge on any atom is 0.241 e. The summed E-state index contributed by atoms with van der Waals surface area (Å²) >= 11 is 3.07. The molecule has 0 saturated carbocycles. The third-order valence-electron chi connectivity index (χ3n) is 2.06. The molecular weight excluding hydrogens is 304 g/mol. The van der Waals surface area contributed by atoms with Crippen molar-refractivity contribution in [1.82, 2.24) is 4.72 Å². The van der Waals surface area contributed by atoms with Crippen LogP contribution >= 0.6 is 15.9 Å². The number of aryl methyl sites for hydroxylation is 1. The van der Waals surface area contributed by atoms with Crippen molar-refractivity contribution < 1.29 is 8.42 Å². The first-order valence-corrected chi connectivity index (χ1v) is 6.98. The fourth-order valence-electron chi connectivity index (χ4n) is 1.21. The molecule has 0 bridgehead atoms. The van der Waals surface area contributed by atoms with E-state index in [1.165, 1.54) is 6.07 Å². The quantitative estimate of drug-likeness (QED) is 0.924. The highest BCUT2D eigenvalue weighted by Crippen LogP contribution is 2.16. The number of hydrogen-bond donors (Lipinski definition) is 1. The smallest absolute Gasteiger partial charge is 0.207 e. The fourth-order valence-corrected chi connectivity index (χ4v) is 2.83. The first kappa shape index (κ1) is 13.9. The van der Waals surface area contributed by atoms with Crippen molar-refractivity contribution in [3.8, 4) is 6.07 Å². The fraction of sp³-hybridized carbons (Fsp3) is 0.182. The molecule has 0 aliphatic heterocycles. The molecule has 1 N–H and O–H groups in total. The van der Waals surface area contributed by atoms with Crippen LogP contribution in [0.15, 0.2) is 34.2 Å². The Kier molecular flexibility index (Phi) is 4.46. The van der Waals surface area contributed by atoms with Crippen molar-refractivity contribution in [3.63, 3.8) is 0 Å². The third kappa shape index (κ3) is 3.66. The molecule has 0 heterocycles. The molecule has 0 spiro atoms. The normalized spacial score (nSPS) is 10.9. The lowest BCUT2D eigenvalue weighted by molar-refractivity contribution is 0.585. The molecule has 4 nitrogen and oxygen atoms in total. The van der Waals surface area contributed by atoms with Gasteiger partial charge in [-0.1, -0.05) is 28.6 Å². The van der Waals surface area contributed by atoms with Gasteiger partial charge in [-0.3, -0.25) is 0 Å². The monoisotopic (exact) mass is 314 g/mol. The molecule has 0 aliphatic rings. The summed E-state index contributed by atoms with van der Waals surface area (Å²) < 4.78 is 26.8. The second-order valence-electron chi connectivity index (χ2n) is 3.43. The van der Waals surface area contributed by atoms with Gasteiger partial charge in [0.05, 0.1) is 16.5 Å². The maximum atomic E-state index is 11.9. The van der Waals surface area contributed by atoms with Crippen molar-refractivity contribution in [1.29, 1.82) is 5.26 Å². The van der Waals surface area contributed by atoms with E-state index < -0.39 is 10.0 Å². The summed E-state index contributed by atoms with van der Waals surface area (Å²) in [6, 6.07) is 6.46. The van der Waals surface area contributed by atoms with Gasteiger partial charge in [0.15, 0.2) is 0 Å². The Balaban J connectivity index is 3.15. The molecule has 0 amide bonds. The highest BCUT2D eigenvalue weighted by molar-refractivity contribution is 9.11. The van der Waals surface area contributed by atoms with Crippen LogP contribution in [0.4, 0.5) is 0 Å². The Morgan fingerprint density at radius 3 is 2.76 bits per heavy atom. The van der Waals surface area contributed by atoms with E-state index in [0.717, 1.165) is 0 Å². The zero-order valence-corrected chi connectivity index (χ0v) is 11.6. The molecule has 1 rings (SSSR count). The molecule has 6 heteroatoms. The van der Waals surface area contributed by atoms with Crippen LogP contribution in [0.25, 0.3) is 0 Å². The number of benzene rings is 1. The number of sulfonamides is 1. The Morgan fingerprint density at radius 2 is 2.24 bits per heavy atom. The Hall–Kier alpha value is -1.16. The molecule has 1 aromatic rings. The number of halogens is 1. The molecule has 1 aromatic carbocycles. The summed E-state index contributed by atoms with van der Waals surface area (Å²) in [5, 5.41) is 8.75. The zero-order chi connectivity index (χ0) is 13.1. The molecule has 17 heavy (non-hydrogen) atoms. The average molecular weight is 315 g/mol. The van der Waals surface area contributed by atoms with Gasteiger partial charge in [0, 0.05) is 11.0 Å². The summed E-state index contributed by atoms with van der Waals surface area (Å²) in [7, 11) is -3.61. The minimum atomic E-state index is -3.61. The first-order valence-electron chi connectivity index (χ1n) is 4.70. The van der Waals surface area contributed by atoms with Crippen molar-refractivity contribution in [2.24, 2.45) is 0 Å². The van der Waals surface area contributed by atoms with Crippen molar-refractivity contribution in [3.05, 3.63) is 40.4 Å². The summed E-state index contributed by atoms with van der Waals surface area (Å²) in [5.41, 5.74) is 0.908. The van der Waals surface area contributed by atoms with Gasteiger partial charge in [-0.05, 0) is 24.6 Å². The third-order valence-corrected chi connectivity index (χ3v) is 3.88.